The van der Waals surface area contributed by atoms with Gasteiger partial charge in [-0.1, -0.05) is 18.2 Å². The van der Waals surface area contributed by atoms with Crippen LogP contribution in [0.1, 0.15) is 30.5 Å². The standard InChI is InChI=1S/C18H25N3O/c1-15-5-4-8-19-17(15)14-20-9-11-21(12-10-20)18(22)13-16-6-2-3-7-16/h2,4-6,8,16H,3,7,9-14H2,1H3. The van der Waals surface area contributed by atoms with Crippen LogP contribution in [0.25, 0.3) is 0 Å². The van der Waals surface area contributed by atoms with Crippen LogP contribution in [0.4, 0.5) is 0 Å². The van der Waals surface area contributed by atoms with Gasteiger partial charge in [-0.25, -0.2) is 0 Å². The van der Waals surface area contributed by atoms with Crippen LogP contribution >= 0.6 is 0 Å². The van der Waals surface area contributed by atoms with Crippen LogP contribution in [0.2, 0.25) is 0 Å². The Balaban J connectivity index is 1.47. The number of piperazine rings is 1. The summed E-state index contributed by atoms with van der Waals surface area (Å²) < 4.78 is 0. The number of hydrogen-bond donors (Lipinski definition) is 0. The number of aryl methyl sites for hydroxylation is 1. The summed E-state index contributed by atoms with van der Waals surface area (Å²) in [4.78, 5) is 21.2. The molecule has 0 saturated carbocycles. The van der Waals surface area contributed by atoms with E-state index in [0.717, 1.165) is 51.3 Å². The lowest BCUT2D eigenvalue weighted by molar-refractivity contribution is -0.133. The third-order valence-electron chi connectivity index (χ3n) is 4.77. The van der Waals surface area contributed by atoms with E-state index < -0.39 is 0 Å². The molecule has 1 fully saturated rings. The largest absolute Gasteiger partial charge is 0.340 e. The van der Waals surface area contributed by atoms with E-state index in [1.165, 1.54) is 5.56 Å². The van der Waals surface area contributed by atoms with Gasteiger partial charge in [0.25, 0.3) is 0 Å². The van der Waals surface area contributed by atoms with E-state index in [1.54, 1.807) is 0 Å². The molecule has 2 aliphatic rings. The first kappa shape index (κ1) is 15.2. The lowest BCUT2D eigenvalue weighted by Gasteiger charge is -2.35. The Labute approximate surface area is 132 Å². The van der Waals surface area contributed by atoms with Gasteiger partial charge in [0.05, 0.1) is 5.69 Å². The summed E-state index contributed by atoms with van der Waals surface area (Å²) in [6.07, 6.45) is 9.23. The highest BCUT2D eigenvalue weighted by molar-refractivity contribution is 5.76. The molecule has 1 aromatic heterocycles. The first-order valence-corrected chi connectivity index (χ1v) is 8.29. The summed E-state index contributed by atoms with van der Waals surface area (Å²) in [6.45, 7) is 6.59. The number of allylic oxidation sites excluding steroid dienone is 2. The number of amides is 1. The Hall–Kier alpha value is -1.68. The number of rotatable bonds is 4. The van der Waals surface area contributed by atoms with E-state index in [-0.39, 0.29) is 0 Å². The topological polar surface area (TPSA) is 36.4 Å². The molecule has 0 bridgehead atoms. The summed E-state index contributed by atoms with van der Waals surface area (Å²) >= 11 is 0. The van der Waals surface area contributed by atoms with E-state index in [9.17, 15) is 4.79 Å². The molecule has 118 valence electrons. The highest BCUT2D eigenvalue weighted by Crippen LogP contribution is 2.21. The van der Waals surface area contributed by atoms with Gasteiger partial charge in [0, 0.05) is 45.3 Å². The maximum Gasteiger partial charge on any atom is 0.223 e. The monoisotopic (exact) mass is 299 g/mol. The Kier molecular flexibility index (Phi) is 4.88. The minimum absolute atomic E-state index is 0.324. The molecule has 0 aromatic carbocycles. The average Bonchev–Trinajstić information content (AvgIpc) is 3.03. The molecule has 0 N–H and O–H groups in total. The molecule has 22 heavy (non-hydrogen) atoms. The molecule has 2 heterocycles. The van der Waals surface area contributed by atoms with Crippen LogP contribution in [0, 0.1) is 12.8 Å². The van der Waals surface area contributed by atoms with E-state index in [0.29, 0.717) is 18.2 Å². The first-order valence-electron chi connectivity index (χ1n) is 8.29. The van der Waals surface area contributed by atoms with Crippen molar-refractivity contribution in [3.63, 3.8) is 0 Å². The van der Waals surface area contributed by atoms with Crippen LogP contribution in [-0.2, 0) is 11.3 Å². The Morgan fingerprint density at radius 1 is 1.32 bits per heavy atom. The fourth-order valence-corrected chi connectivity index (χ4v) is 3.27. The number of carbonyl (C=O) groups excluding carboxylic acids is 1. The molecule has 1 amide bonds. The molecule has 1 saturated heterocycles. The second-order valence-corrected chi connectivity index (χ2v) is 6.39. The number of nitrogens with zero attached hydrogens (tertiary/aromatic N) is 3. The number of carbonyl (C=O) groups is 1. The lowest BCUT2D eigenvalue weighted by Crippen LogP contribution is -2.48. The van der Waals surface area contributed by atoms with Crippen LogP contribution in [0.5, 0.6) is 0 Å². The molecule has 4 nitrogen and oxygen atoms in total. The van der Waals surface area contributed by atoms with Crippen LogP contribution in [0.15, 0.2) is 30.5 Å². The Morgan fingerprint density at radius 3 is 2.82 bits per heavy atom. The number of pyridine rings is 1. The normalized spacial score (nSPS) is 22.2. The van der Waals surface area contributed by atoms with Crippen molar-refractivity contribution in [2.24, 2.45) is 5.92 Å². The average molecular weight is 299 g/mol. The van der Waals surface area contributed by atoms with E-state index in [2.05, 4.69) is 35.0 Å². The summed E-state index contributed by atoms with van der Waals surface area (Å²) in [5.41, 5.74) is 2.40. The molecule has 0 radical (unpaired) electrons. The van der Waals surface area contributed by atoms with Crippen molar-refractivity contribution >= 4 is 5.91 Å². The van der Waals surface area contributed by atoms with Gasteiger partial charge in [-0.3, -0.25) is 14.7 Å². The molecule has 1 unspecified atom stereocenters. The Morgan fingerprint density at radius 2 is 2.14 bits per heavy atom. The zero-order chi connectivity index (χ0) is 15.4. The zero-order valence-corrected chi connectivity index (χ0v) is 13.4. The molecule has 1 aliphatic carbocycles. The fraction of sp³-hybridized carbons (Fsp3) is 0.556. The lowest BCUT2D eigenvalue weighted by atomic mass is 10.0. The van der Waals surface area contributed by atoms with E-state index in [4.69, 9.17) is 0 Å². The summed E-state index contributed by atoms with van der Waals surface area (Å²) in [5, 5.41) is 0. The molecule has 1 atom stereocenters. The molecule has 3 rings (SSSR count). The minimum atomic E-state index is 0.324. The maximum atomic E-state index is 12.3. The summed E-state index contributed by atoms with van der Waals surface area (Å²) in [7, 11) is 0. The van der Waals surface area contributed by atoms with Gasteiger partial charge in [-0.05, 0) is 37.3 Å². The smallest absolute Gasteiger partial charge is 0.223 e. The molecule has 1 aliphatic heterocycles. The van der Waals surface area contributed by atoms with Crippen molar-refractivity contribution in [1.29, 1.82) is 0 Å². The fourth-order valence-electron chi connectivity index (χ4n) is 3.27. The SMILES string of the molecule is Cc1cccnc1CN1CCN(C(=O)CC2C=CCC2)CC1. The van der Waals surface area contributed by atoms with Gasteiger partial charge in [0.15, 0.2) is 0 Å². The summed E-state index contributed by atoms with van der Waals surface area (Å²) in [5.74, 6) is 0.798. The maximum absolute atomic E-state index is 12.3. The third kappa shape index (κ3) is 3.74. The van der Waals surface area contributed by atoms with Crippen molar-refractivity contribution in [1.82, 2.24) is 14.8 Å². The van der Waals surface area contributed by atoms with Gasteiger partial charge < -0.3 is 4.90 Å². The summed E-state index contributed by atoms with van der Waals surface area (Å²) in [6, 6.07) is 4.09. The van der Waals surface area contributed by atoms with Crippen molar-refractivity contribution in [2.45, 2.75) is 32.7 Å². The van der Waals surface area contributed by atoms with Gasteiger partial charge in [0.1, 0.15) is 0 Å². The second kappa shape index (κ2) is 7.05. The quantitative estimate of drug-likeness (QED) is 0.801. The molecule has 1 aromatic rings. The predicted octanol–water partition coefficient (Wildman–Crippen LogP) is 2.39. The predicted molar refractivity (Wildman–Crippen MR) is 87.3 cm³/mol. The van der Waals surface area contributed by atoms with Gasteiger partial charge in [-0.15, -0.1) is 0 Å². The molecule has 0 spiro atoms. The van der Waals surface area contributed by atoms with E-state index in [1.807, 2.05) is 17.2 Å². The van der Waals surface area contributed by atoms with E-state index >= 15 is 0 Å². The first-order chi connectivity index (χ1) is 10.7. The number of aromatic nitrogens is 1. The zero-order valence-electron chi connectivity index (χ0n) is 13.4. The number of hydrogen-bond acceptors (Lipinski definition) is 3. The van der Waals surface area contributed by atoms with Gasteiger partial charge >= 0.3 is 0 Å². The molecular formula is C18H25N3O. The minimum Gasteiger partial charge on any atom is -0.340 e. The molecule has 4 heteroatoms. The highest BCUT2D eigenvalue weighted by atomic mass is 16.2. The second-order valence-electron chi connectivity index (χ2n) is 6.39. The highest BCUT2D eigenvalue weighted by Gasteiger charge is 2.23. The van der Waals surface area contributed by atoms with Gasteiger partial charge in [-0.2, -0.15) is 0 Å². The molecular weight excluding hydrogens is 274 g/mol. The third-order valence-corrected chi connectivity index (χ3v) is 4.77. The Bertz CT molecular complexity index is 547. The van der Waals surface area contributed by atoms with Gasteiger partial charge in [0.2, 0.25) is 5.91 Å². The van der Waals surface area contributed by atoms with Crippen molar-refractivity contribution in [3.05, 3.63) is 41.7 Å². The van der Waals surface area contributed by atoms with Crippen molar-refractivity contribution in [2.75, 3.05) is 26.2 Å². The van der Waals surface area contributed by atoms with Crippen molar-refractivity contribution in [3.8, 4) is 0 Å². The van der Waals surface area contributed by atoms with Crippen molar-refractivity contribution < 1.29 is 4.79 Å². The van der Waals surface area contributed by atoms with Crippen LogP contribution < -0.4 is 0 Å². The van der Waals surface area contributed by atoms with Crippen LogP contribution in [-0.4, -0.2) is 46.9 Å². The van der Waals surface area contributed by atoms with Crippen LogP contribution in [0.3, 0.4) is 0 Å².